The van der Waals surface area contributed by atoms with Crippen LogP contribution in [0.3, 0.4) is 0 Å². The molecule has 3 fully saturated rings. The Balaban J connectivity index is 1.36. The van der Waals surface area contributed by atoms with E-state index in [-0.39, 0.29) is 50.9 Å². The topological polar surface area (TPSA) is 80.8 Å². The van der Waals surface area contributed by atoms with Crippen LogP contribution in [-0.2, 0) is 19.1 Å². The fourth-order valence-electron chi connectivity index (χ4n) is 4.61. The lowest BCUT2D eigenvalue weighted by Crippen LogP contribution is -2.38. The first-order chi connectivity index (χ1) is 13.3. The average Bonchev–Trinajstić information content (AvgIpc) is 3.27. The van der Waals surface area contributed by atoms with Crippen molar-refractivity contribution in [3.8, 4) is 0 Å². The van der Waals surface area contributed by atoms with Crippen LogP contribution in [0.1, 0.15) is 16.8 Å². The van der Waals surface area contributed by atoms with Crippen LogP contribution in [0, 0.1) is 23.7 Å². The molecule has 9 heteroatoms. The number of halogens is 3. The van der Waals surface area contributed by atoms with Crippen LogP contribution in [-0.4, -0.2) is 51.3 Å². The summed E-state index contributed by atoms with van der Waals surface area (Å²) < 4.78 is 5.85. The number of carbonyl (C=O) groups is 4. The quantitative estimate of drug-likeness (QED) is 0.233. The first-order valence-electron chi connectivity index (χ1n) is 8.87. The maximum Gasteiger partial charge on any atom is 0.326 e. The predicted octanol–water partition coefficient (Wildman–Crippen LogP) is 2.95. The SMILES string of the molecule is O=C(CN1C(=O)[C@@H]2[C@H]3C[C@H]([C@H](Br)[C@@H]3Br)[C@@H]2C1=O)OCC(=O)c1ccc(Br)cc1. The third-order valence-electron chi connectivity index (χ3n) is 5.90. The second-order valence-electron chi connectivity index (χ2n) is 7.36. The molecule has 0 N–H and O–H groups in total. The van der Waals surface area contributed by atoms with Crippen molar-refractivity contribution in [2.75, 3.05) is 13.2 Å². The number of imide groups is 1. The summed E-state index contributed by atoms with van der Waals surface area (Å²) >= 11 is 10.5. The van der Waals surface area contributed by atoms with Crippen molar-refractivity contribution in [1.29, 1.82) is 0 Å². The number of alkyl halides is 2. The number of nitrogens with zero attached hydrogens (tertiary/aromatic N) is 1. The number of carbonyl (C=O) groups excluding carboxylic acids is 4. The van der Waals surface area contributed by atoms with Gasteiger partial charge in [0.1, 0.15) is 6.54 Å². The zero-order chi connectivity index (χ0) is 20.2. The molecule has 0 unspecified atom stereocenters. The van der Waals surface area contributed by atoms with Crippen molar-refractivity contribution in [3.05, 3.63) is 34.3 Å². The van der Waals surface area contributed by atoms with E-state index in [0.717, 1.165) is 15.8 Å². The molecule has 0 radical (unpaired) electrons. The normalized spacial score (nSPS) is 33.3. The van der Waals surface area contributed by atoms with Gasteiger partial charge in [0.05, 0.1) is 11.8 Å². The molecule has 6 atom stereocenters. The summed E-state index contributed by atoms with van der Waals surface area (Å²) in [7, 11) is 0. The zero-order valence-electron chi connectivity index (χ0n) is 14.5. The minimum absolute atomic E-state index is 0.0934. The molecule has 28 heavy (non-hydrogen) atoms. The number of ketones is 1. The van der Waals surface area contributed by atoms with Crippen molar-refractivity contribution < 1.29 is 23.9 Å². The molecule has 148 valence electrons. The Morgan fingerprint density at radius 3 is 2.07 bits per heavy atom. The Morgan fingerprint density at radius 2 is 1.54 bits per heavy atom. The number of hydrogen-bond donors (Lipinski definition) is 0. The highest BCUT2D eigenvalue weighted by molar-refractivity contribution is 9.12. The lowest BCUT2D eigenvalue weighted by atomic mass is 9.81. The van der Waals surface area contributed by atoms with Gasteiger partial charge < -0.3 is 4.74 Å². The first-order valence-corrected chi connectivity index (χ1v) is 11.5. The molecule has 0 aromatic heterocycles. The van der Waals surface area contributed by atoms with Crippen molar-refractivity contribution in [2.24, 2.45) is 23.7 Å². The second-order valence-corrected chi connectivity index (χ2v) is 10.4. The van der Waals surface area contributed by atoms with Crippen molar-refractivity contribution in [2.45, 2.75) is 16.1 Å². The number of likely N-dealkylation sites (tertiary alicyclic amines) is 1. The Hall–Kier alpha value is -1.06. The fraction of sp³-hybridized carbons (Fsp3) is 0.474. The number of hydrogen-bond acceptors (Lipinski definition) is 5. The molecule has 1 saturated heterocycles. The number of benzene rings is 1. The highest BCUT2D eigenvalue weighted by atomic mass is 79.9. The first kappa shape index (κ1) is 20.2. The van der Waals surface area contributed by atoms with Crippen LogP contribution in [0.5, 0.6) is 0 Å². The molecule has 3 aliphatic rings. The van der Waals surface area contributed by atoms with Crippen molar-refractivity contribution >= 4 is 71.4 Å². The summed E-state index contributed by atoms with van der Waals surface area (Å²) in [5, 5.41) is 0. The molecule has 1 aromatic carbocycles. The van der Waals surface area contributed by atoms with Crippen LogP contribution < -0.4 is 0 Å². The van der Waals surface area contributed by atoms with Crippen molar-refractivity contribution in [1.82, 2.24) is 4.90 Å². The van der Waals surface area contributed by atoms with Crippen LogP contribution in [0.25, 0.3) is 0 Å². The van der Waals surface area contributed by atoms with Gasteiger partial charge in [-0.2, -0.15) is 0 Å². The number of rotatable bonds is 5. The maximum atomic E-state index is 12.8. The van der Waals surface area contributed by atoms with Crippen LogP contribution >= 0.6 is 47.8 Å². The van der Waals surface area contributed by atoms with Crippen LogP contribution in [0.15, 0.2) is 28.7 Å². The van der Waals surface area contributed by atoms with Gasteiger partial charge in [0, 0.05) is 19.7 Å². The lowest BCUT2D eigenvalue weighted by Gasteiger charge is -2.28. The molecule has 2 amide bonds. The molecule has 1 aliphatic heterocycles. The number of esters is 1. The molecule has 6 nitrogen and oxygen atoms in total. The summed E-state index contributed by atoms with van der Waals surface area (Å²) in [4.78, 5) is 51.1. The molecule has 0 spiro atoms. The Morgan fingerprint density at radius 1 is 1.00 bits per heavy atom. The Kier molecular flexibility index (Phi) is 5.52. The predicted molar refractivity (Wildman–Crippen MR) is 110 cm³/mol. The van der Waals surface area contributed by atoms with Crippen molar-refractivity contribution in [3.63, 3.8) is 0 Å². The molecule has 1 aromatic rings. The van der Waals surface area contributed by atoms with Crippen LogP contribution in [0.4, 0.5) is 0 Å². The van der Waals surface area contributed by atoms with Gasteiger partial charge in [-0.15, -0.1) is 0 Å². The van der Waals surface area contributed by atoms with Gasteiger partial charge in [0.2, 0.25) is 11.8 Å². The van der Waals surface area contributed by atoms with E-state index in [1.165, 1.54) is 0 Å². The second kappa shape index (κ2) is 7.65. The van der Waals surface area contributed by atoms with Gasteiger partial charge >= 0.3 is 5.97 Å². The van der Waals surface area contributed by atoms with Gasteiger partial charge in [0.15, 0.2) is 12.4 Å². The van der Waals surface area contributed by atoms with E-state index in [4.69, 9.17) is 4.74 Å². The third-order valence-corrected chi connectivity index (χ3v) is 9.63. The minimum Gasteiger partial charge on any atom is -0.456 e. The fourth-order valence-corrected chi connectivity index (χ4v) is 6.74. The lowest BCUT2D eigenvalue weighted by molar-refractivity contribution is -0.152. The molecule has 2 aliphatic carbocycles. The largest absolute Gasteiger partial charge is 0.456 e. The van der Waals surface area contributed by atoms with E-state index < -0.39 is 19.1 Å². The van der Waals surface area contributed by atoms with E-state index >= 15 is 0 Å². The maximum absolute atomic E-state index is 12.8. The number of fused-ring (bicyclic) bond motifs is 5. The molecule has 4 rings (SSSR count). The summed E-state index contributed by atoms with van der Waals surface area (Å²) in [6.07, 6.45) is 0.832. The van der Waals surface area contributed by atoms with Gasteiger partial charge in [-0.25, -0.2) is 0 Å². The van der Waals surface area contributed by atoms with Crippen LogP contribution in [0.2, 0.25) is 0 Å². The summed E-state index contributed by atoms with van der Waals surface area (Å²) in [5.74, 6) is -2.26. The highest BCUT2D eigenvalue weighted by Gasteiger charge is 2.66. The van der Waals surface area contributed by atoms with E-state index in [1.807, 2.05) is 0 Å². The van der Waals surface area contributed by atoms with E-state index in [0.29, 0.717) is 5.56 Å². The molecule has 2 saturated carbocycles. The van der Waals surface area contributed by atoms with E-state index in [2.05, 4.69) is 47.8 Å². The van der Waals surface area contributed by atoms with E-state index in [1.54, 1.807) is 24.3 Å². The number of amides is 2. The van der Waals surface area contributed by atoms with Gasteiger partial charge in [0.25, 0.3) is 0 Å². The highest BCUT2D eigenvalue weighted by Crippen LogP contribution is 2.60. The van der Waals surface area contributed by atoms with Gasteiger partial charge in [-0.3, -0.25) is 24.1 Å². The van der Waals surface area contributed by atoms with Gasteiger partial charge in [-0.1, -0.05) is 59.9 Å². The molecular weight excluding hydrogens is 562 g/mol. The number of ether oxygens (including phenoxy) is 1. The summed E-state index contributed by atoms with van der Waals surface area (Å²) in [5.41, 5.74) is 0.419. The zero-order valence-corrected chi connectivity index (χ0v) is 19.3. The Labute approximate surface area is 186 Å². The summed E-state index contributed by atoms with van der Waals surface area (Å²) in [6.45, 7) is -0.876. The Bertz CT molecular complexity index is 826. The smallest absolute Gasteiger partial charge is 0.326 e. The summed E-state index contributed by atoms with van der Waals surface area (Å²) in [6, 6.07) is 6.69. The molecule has 1 heterocycles. The molecular formula is C19H16Br3NO5. The monoisotopic (exact) mass is 575 g/mol. The molecule has 2 bridgehead atoms. The standard InChI is InChI=1S/C19H16Br3NO5/c20-9-3-1-8(2-4-9)12(24)7-28-13(25)6-23-18(26)14-10-5-11(15(14)19(23)27)17(22)16(10)21/h1-4,10-11,14-17H,5-7H2/t10-,11+,14-,15+,16-,17+. The third kappa shape index (κ3) is 3.29. The van der Waals surface area contributed by atoms with Gasteiger partial charge in [-0.05, 0) is 30.4 Å². The number of Topliss-reactive ketones (excluding diaryl/α,β-unsaturated/α-hetero) is 1. The average molecular weight is 578 g/mol. The van der Waals surface area contributed by atoms with E-state index in [9.17, 15) is 19.2 Å². The minimum atomic E-state index is -0.759.